The summed E-state index contributed by atoms with van der Waals surface area (Å²) in [4.78, 5) is 0. The number of furan rings is 2. The average Bonchev–Trinajstić information content (AvgIpc) is 3.15. The lowest BCUT2D eigenvalue weighted by Crippen LogP contribution is -1.94. The molecule has 1 atom stereocenters. The maximum absolute atomic E-state index is 9.50. The SMILES string of the molecule is CC(c1cc2ccccc2o1)c1oc2ccccc2c1C#N. The van der Waals surface area contributed by atoms with E-state index in [0.29, 0.717) is 11.3 Å². The summed E-state index contributed by atoms with van der Waals surface area (Å²) in [6.45, 7) is 2.00. The van der Waals surface area contributed by atoms with Crippen LogP contribution in [0.5, 0.6) is 0 Å². The molecule has 2 heterocycles. The zero-order valence-corrected chi connectivity index (χ0v) is 12.0. The third-order valence-electron chi connectivity index (χ3n) is 4.00. The summed E-state index contributed by atoms with van der Waals surface area (Å²) >= 11 is 0. The zero-order chi connectivity index (χ0) is 15.1. The van der Waals surface area contributed by atoms with E-state index in [1.165, 1.54) is 0 Å². The molecule has 0 saturated heterocycles. The lowest BCUT2D eigenvalue weighted by atomic mass is 10.0. The number of rotatable bonds is 2. The van der Waals surface area contributed by atoms with Crippen molar-refractivity contribution in [2.75, 3.05) is 0 Å². The van der Waals surface area contributed by atoms with Gasteiger partial charge in [-0.25, -0.2) is 0 Å². The average molecular weight is 287 g/mol. The second kappa shape index (κ2) is 4.78. The van der Waals surface area contributed by atoms with Crippen molar-refractivity contribution < 1.29 is 8.83 Å². The maximum Gasteiger partial charge on any atom is 0.135 e. The van der Waals surface area contributed by atoms with Gasteiger partial charge in [-0.3, -0.25) is 0 Å². The number of para-hydroxylation sites is 2. The van der Waals surface area contributed by atoms with Gasteiger partial charge in [-0.2, -0.15) is 5.26 Å². The Kier molecular flexibility index (Phi) is 2.77. The Balaban J connectivity index is 1.89. The van der Waals surface area contributed by atoms with E-state index in [1.54, 1.807) is 0 Å². The predicted molar refractivity (Wildman–Crippen MR) is 84.7 cm³/mol. The molecule has 2 aromatic carbocycles. The lowest BCUT2D eigenvalue weighted by molar-refractivity contribution is 0.471. The van der Waals surface area contributed by atoms with Gasteiger partial charge in [-0.1, -0.05) is 30.3 Å². The topological polar surface area (TPSA) is 50.1 Å². The molecule has 1 unspecified atom stereocenters. The highest BCUT2D eigenvalue weighted by Crippen LogP contribution is 2.35. The Hall–Kier alpha value is -2.99. The summed E-state index contributed by atoms with van der Waals surface area (Å²) < 4.78 is 11.8. The van der Waals surface area contributed by atoms with Crippen LogP contribution in [0, 0.1) is 11.3 Å². The summed E-state index contributed by atoms with van der Waals surface area (Å²) in [5, 5.41) is 11.4. The molecule has 0 aliphatic carbocycles. The van der Waals surface area contributed by atoms with Gasteiger partial charge in [0.15, 0.2) is 0 Å². The third kappa shape index (κ3) is 1.82. The largest absolute Gasteiger partial charge is 0.460 e. The van der Waals surface area contributed by atoms with E-state index in [4.69, 9.17) is 8.83 Å². The van der Waals surface area contributed by atoms with Crippen molar-refractivity contribution in [3.8, 4) is 6.07 Å². The van der Waals surface area contributed by atoms with E-state index in [0.717, 1.165) is 27.7 Å². The molecular formula is C19H13NO2. The minimum atomic E-state index is -0.116. The smallest absolute Gasteiger partial charge is 0.135 e. The van der Waals surface area contributed by atoms with Crippen LogP contribution in [-0.4, -0.2) is 0 Å². The number of nitriles is 1. The highest BCUT2D eigenvalue weighted by molar-refractivity contribution is 5.85. The van der Waals surface area contributed by atoms with E-state index in [9.17, 15) is 5.26 Å². The van der Waals surface area contributed by atoms with Crippen LogP contribution in [0.4, 0.5) is 0 Å². The molecule has 0 amide bonds. The van der Waals surface area contributed by atoms with Gasteiger partial charge >= 0.3 is 0 Å². The fourth-order valence-corrected chi connectivity index (χ4v) is 2.83. The number of nitrogens with zero attached hydrogens (tertiary/aromatic N) is 1. The molecule has 0 aliphatic heterocycles. The molecule has 22 heavy (non-hydrogen) atoms. The molecule has 0 saturated carbocycles. The van der Waals surface area contributed by atoms with Crippen molar-refractivity contribution >= 4 is 21.9 Å². The van der Waals surface area contributed by atoms with Crippen molar-refractivity contribution in [2.24, 2.45) is 0 Å². The Bertz CT molecular complexity index is 984. The van der Waals surface area contributed by atoms with Gasteiger partial charge in [0.25, 0.3) is 0 Å². The fraction of sp³-hybridized carbons (Fsp3) is 0.105. The molecule has 2 aromatic heterocycles. The normalized spacial score (nSPS) is 12.5. The van der Waals surface area contributed by atoms with Gasteiger partial charge in [-0.05, 0) is 31.2 Å². The van der Waals surface area contributed by atoms with E-state index in [2.05, 4.69) is 6.07 Å². The predicted octanol–water partition coefficient (Wildman–Crippen LogP) is 5.20. The Morgan fingerprint density at radius 3 is 2.45 bits per heavy atom. The molecule has 0 fully saturated rings. The second-order valence-corrected chi connectivity index (χ2v) is 5.36. The standard InChI is InChI=1S/C19H13NO2/c1-12(18-10-13-6-2-4-8-16(13)21-18)19-15(11-20)14-7-3-5-9-17(14)22-19/h2-10,12H,1H3. The van der Waals surface area contributed by atoms with Crippen LogP contribution >= 0.6 is 0 Å². The summed E-state index contributed by atoms with van der Waals surface area (Å²) in [5.41, 5.74) is 2.17. The molecule has 0 bridgehead atoms. The fourth-order valence-electron chi connectivity index (χ4n) is 2.83. The Labute approximate surface area is 127 Å². The van der Waals surface area contributed by atoms with Crippen LogP contribution in [0.3, 0.4) is 0 Å². The lowest BCUT2D eigenvalue weighted by Gasteiger charge is -2.05. The van der Waals surface area contributed by atoms with Crippen molar-refractivity contribution in [3.05, 3.63) is 71.7 Å². The van der Waals surface area contributed by atoms with Crippen LogP contribution in [0.25, 0.3) is 21.9 Å². The summed E-state index contributed by atoms with van der Waals surface area (Å²) in [5.74, 6) is 1.34. The first-order valence-electron chi connectivity index (χ1n) is 7.18. The molecule has 4 aromatic rings. The van der Waals surface area contributed by atoms with Crippen LogP contribution in [0.15, 0.2) is 63.4 Å². The monoisotopic (exact) mass is 287 g/mol. The van der Waals surface area contributed by atoms with E-state index in [1.807, 2.05) is 61.5 Å². The molecular weight excluding hydrogens is 274 g/mol. The third-order valence-corrected chi connectivity index (χ3v) is 4.00. The molecule has 106 valence electrons. The van der Waals surface area contributed by atoms with Crippen molar-refractivity contribution in [1.82, 2.24) is 0 Å². The highest BCUT2D eigenvalue weighted by atomic mass is 16.4. The number of hydrogen-bond donors (Lipinski definition) is 0. The Morgan fingerprint density at radius 2 is 1.68 bits per heavy atom. The summed E-state index contributed by atoms with van der Waals surface area (Å²) in [6, 6.07) is 19.8. The molecule has 0 N–H and O–H groups in total. The van der Waals surface area contributed by atoms with Crippen LogP contribution < -0.4 is 0 Å². The van der Waals surface area contributed by atoms with Crippen LogP contribution in [-0.2, 0) is 0 Å². The van der Waals surface area contributed by atoms with Crippen molar-refractivity contribution in [3.63, 3.8) is 0 Å². The van der Waals surface area contributed by atoms with E-state index < -0.39 is 0 Å². The minimum Gasteiger partial charge on any atom is -0.460 e. The summed E-state index contributed by atoms with van der Waals surface area (Å²) in [6.07, 6.45) is 0. The van der Waals surface area contributed by atoms with Crippen LogP contribution in [0.2, 0.25) is 0 Å². The molecule has 0 radical (unpaired) electrons. The highest BCUT2D eigenvalue weighted by Gasteiger charge is 2.23. The number of hydrogen-bond acceptors (Lipinski definition) is 3. The molecule has 3 nitrogen and oxygen atoms in total. The van der Waals surface area contributed by atoms with E-state index in [-0.39, 0.29) is 5.92 Å². The second-order valence-electron chi connectivity index (χ2n) is 5.36. The molecule has 3 heteroatoms. The molecule has 4 rings (SSSR count). The quantitative estimate of drug-likeness (QED) is 0.509. The van der Waals surface area contributed by atoms with E-state index >= 15 is 0 Å². The van der Waals surface area contributed by atoms with Gasteiger partial charge in [0.05, 0.1) is 5.92 Å². The van der Waals surface area contributed by atoms with Gasteiger partial charge in [0, 0.05) is 10.8 Å². The first kappa shape index (κ1) is 12.7. The summed E-state index contributed by atoms with van der Waals surface area (Å²) in [7, 11) is 0. The number of benzene rings is 2. The molecule has 0 aliphatic rings. The first-order valence-corrected chi connectivity index (χ1v) is 7.18. The van der Waals surface area contributed by atoms with Gasteiger partial charge in [-0.15, -0.1) is 0 Å². The first-order chi connectivity index (χ1) is 10.8. The van der Waals surface area contributed by atoms with Gasteiger partial charge in [0.2, 0.25) is 0 Å². The number of fused-ring (bicyclic) bond motifs is 2. The minimum absolute atomic E-state index is 0.116. The van der Waals surface area contributed by atoms with Crippen molar-refractivity contribution in [1.29, 1.82) is 5.26 Å². The zero-order valence-electron chi connectivity index (χ0n) is 12.0. The maximum atomic E-state index is 9.50. The van der Waals surface area contributed by atoms with Gasteiger partial charge < -0.3 is 8.83 Å². The Morgan fingerprint density at radius 1 is 0.955 bits per heavy atom. The van der Waals surface area contributed by atoms with Crippen molar-refractivity contribution in [2.45, 2.75) is 12.8 Å². The van der Waals surface area contributed by atoms with Crippen LogP contribution in [0.1, 0.15) is 29.9 Å². The molecule has 0 spiro atoms. The van der Waals surface area contributed by atoms with Gasteiger partial charge in [0.1, 0.15) is 34.3 Å².